The molecule has 1 aromatic carbocycles. The summed E-state index contributed by atoms with van der Waals surface area (Å²) < 4.78 is 15.1. The van der Waals surface area contributed by atoms with Gasteiger partial charge >= 0.3 is 0 Å². The van der Waals surface area contributed by atoms with Crippen LogP contribution in [-0.2, 0) is 11.2 Å². The Hall–Kier alpha value is -3.02. The van der Waals surface area contributed by atoms with Gasteiger partial charge in [-0.3, -0.25) is 9.78 Å². The minimum atomic E-state index is -0.367. The summed E-state index contributed by atoms with van der Waals surface area (Å²) in [6.07, 6.45) is 6.69. The number of amides is 1. The Balaban J connectivity index is 1.53. The number of nitrogens with zero attached hydrogens (tertiary/aromatic N) is 3. The lowest BCUT2D eigenvalue weighted by atomic mass is 10.1. The molecule has 5 nitrogen and oxygen atoms in total. The second-order valence-electron chi connectivity index (χ2n) is 5.35. The van der Waals surface area contributed by atoms with E-state index in [0.717, 1.165) is 12.1 Å². The van der Waals surface area contributed by atoms with Crippen LogP contribution in [0.25, 0.3) is 5.69 Å². The highest BCUT2D eigenvalue weighted by Gasteiger charge is 2.08. The van der Waals surface area contributed by atoms with Gasteiger partial charge in [0.15, 0.2) is 0 Å². The quantitative estimate of drug-likeness (QED) is 0.756. The summed E-state index contributed by atoms with van der Waals surface area (Å²) >= 11 is 0. The van der Waals surface area contributed by atoms with Gasteiger partial charge in [0, 0.05) is 18.3 Å². The molecule has 0 spiro atoms. The number of pyridine rings is 1. The SMILES string of the molecule is O=C(CCCc1ccccn1)Nc1cnn(-c2ccccc2F)c1. The second-order valence-corrected chi connectivity index (χ2v) is 5.35. The molecule has 24 heavy (non-hydrogen) atoms. The fraction of sp³-hybridized carbons (Fsp3) is 0.167. The maximum atomic E-state index is 13.7. The zero-order valence-corrected chi connectivity index (χ0v) is 13.0. The van der Waals surface area contributed by atoms with E-state index < -0.39 is 0 Å². The van der Waals surface area contributed by atoms with Crippen molar-refractivity contribution in [1.29, 1.82) is 0 Å². The van der Waals surface area contributed by atoms with Crippen LogP contribution < -0.4 is 5.32 Å². The molecule has 0 aliphatic rings. The number of anilines is 1. The van der Waals surface area contributed by atoms with Gasteiger partial charge in [-0.1, -0.05) is 18.2 Å². The molecule has 0 saturated carbocycles. The van der Waals surface area contributed by atoms with E-state index in [1.54, 1.807) is 30.6 Å². The van der Waals surface area contributed by atoms with Gasteiger partial charge in [0.25, 0.3) is 0 Å². The fourth-order valence-corrected chi connectivity index (χ4v) is 2.36. The lowest BCUT2D eigenvalue weighted by molar-refractivity contribution is -0.116. The van der Waals surface area contributed by atoms with Crippen molar-refractivity contribution >= 4 is 11.6 Å². The molecule has 2 heterocycles. The first-order chi connectivity index (χ1) is 11.7. The van der Waals surface area contributed by atoms with E-state index in [2.05, 4.69) is 15.4 Å². The smallest absolute Gasteiger partial charge is 0.224 e. The number of halogens is 1. The molecule has 0 saturated heterocycles. The molecule has 0 unspecified atom stereocenters. The molecule has 3 aromatic rings. The van der Waals surface area contributed by atoms with Crippen molar-refractivity contribution in [1.82, 2.24) is 14.8 Å². The number of hydrogen-bond donors (Lipinski definition) is 1. The lowest BCUT2D eigenvalue weighted by Gasteiger charge is -2.03. The van der Waals surface area contributed by atoms with Gasteiger partial charge in [0.05, 0.1) is 18.1 Å². The highest BCUT2D eigenvalue weighted by molar-refractivity contribution is 5.90. The maximum Gasteiger partial charge on any atom is 0.224 e. The molecular weight excluding hydrogens is 307 g/mol. The summed E-state index contributed by atoms with van der Waals surface area (Å²) in [7, 11) is 0. The average Bonchev–Trinajstić information content (AvgIpc) is 3.04. The first-order valence-electron chi connectivity index (χ1n) is 7.72. The van der Waals surface area contributed by atoms with Gasteiger partial charge in [-0.05, 0) is 37.1 Å². The molecule has 0 bridgehead atoms. The van der Waals surface area contributed by atoms with Crippen LogP contribution in [0.1, 0.15) is 18.5 Å². The molecule has 2 aromatic heterocycles. The third-order valence-corrected chi connectivity index (χ3v) is 3.53. The third kappa shape index (κ3) is 4.04. The largest absolute Gasteiger partial charge is 0.323 e. The molecular formula is C18H17FN4O. The van der Waals surface area contributed by atoms with Gasteiger partial charge in [-0.2, -0.15) is 5.10 Å². The fourth-order valence-electron chi connectivity index (χ4n) is 2.36. The standard InChI is InChI=1S/C18H17FN4O/c19-16-8-1-2-9-17(16)23-13-15(12-21-23)22-18(24)10-5-7-14-6-3-4-11-20-14/h1-4,6,8-9,11-13H,5,7,10H2,(H,22,24). The van der Waals surface area contributed by atoms with E-state index in [1.165, 1.54) is 16.9 Å². The van der Waals surface area contributed by atoms with Crippen LogP contribution in [0.5, 0.6) is 0 Å². The van der Waals surface area contributed by atoms with Gasteiger partial charge in [-0.15, -0.1) is 0 Å². The van der Waals surface area contributed by atoms with Crippen LogP contribution in [0.2, 0.25) is 0 Å². The molecule has 0 aliphatic heterocycles. The van der Waals surface area contributed by atoms with Crippen LogP contribution in [0.4, 0.5) is 10.1 Å². The topological polar surface area (TPSA) is 59.8 Å². The van der Waals surface area contributed by atoms with Crippen molar-refractivity contribution in [3.63, 3.8) is 0 Å². The highest BCUT2D eigenvalue weighted by atomic mass is 19.1. The van der Waals surface area contributed by atoms with Crippen LogP contribution in [0.3, 0.4) is 0 Å². The van der Waals surface area contributed by atoms with Crippen molar-refractivity contribution in [2.45, 2.75) is 19.3 Å². The Morgan fingerprint density at radius 3 is 2.79 bits per heavy atom. The summed E-state index contributed by atoms with van der Waals surface area (Å²) in [5.74, 6) is -0.465. The maximum absolute atomic E-state index is 13.7. The van der Waals surface area contributed by atoms with Crippen molar-refractivity contribution in [2.75, 3.05) is 5.32 Å². The number of rotatable bonds is 6. The van der Waals surface area contributed by atoms with Gasteiger partial charge < -0.3 is 5.32 Å². The predicted octanol–water partition coefficient (Wildman–Crippen LogP) is 3.37. The minimum absolute atomic E-state index is 0.0981. The first kappa shape index (κ1) is 15.9. The number of hydrogen-bond acceptors (Lipinski definition) is 3. The van der Waals surface area contributed by atoms with E-state index in [4.69, 9.17) is 0 Å². The Kier molecular flexibility index (Phi) is 4.96. The van der Waals surface area contributed by atoms with Crippen molar-refractivity contribution in [2.24, 2.45) is 0 Å². The van der Waals surface area contributed by atoms with Gasteiger partial charge in [0.1, 0.15) is 11.5 Å². The van der Waals surface area contributed by atoms with E-state index >= 15 is 0 Å². The average molecular weight is 324 g/mol. The number of carbonyl (C=O) groups is 1. The summed E-state index contributed by atoms with van der Waals surface area (Å²) in [4.78, 5) is 16.2. The molecule has 1 N–H and O–H groups in total. The van der Waals surface area contributed by atoms with Crippen LogP contribution in [-0.4, -0.2) is 20.7 Å². The summed E-state index contributed by atoms with van der Waals surface area (Å²) in [6, 6.07) is 12.1. The normalized spacial score (nSPS) is 10.5. The number of para-hydroxylation sites is 1. The number of aromatic nitrogens is 3. The van der Waals surface area contributed by atoms with Gasteiger partial charge in [-0.25, -0.2) is 9.07 Å². The Bertz CT molecular complexity index is 817. The molecule has 122 valence electrons. The van der Waals surface area contributed by atoms with Crippen LogP contribution in [0, 0.1) is 5.82 Å². The number of aryl methyl sites for hydroxylation is 1. The minimum Gasteiger partial charge on any atom is -0.323 e. The molecule has 0 fully saturated rings. The van der Waals surface area contributed by atoms with Crippen molar-refractivity contribution in [3.05, 3.63) is 72.6 Å². The van der Waals surface area contributed by atoms with E-state index in [9.17, 15) is 9.18 Å². The van der Waals surface area contributed by atoms with Crippen LogP contribution in [0.15, 0.2) is 61.1 Å². The number of carbonyl (C=O) groups excluding carboxylic acids is 1. The van der Waals surface area contributed by atoms with Gasteiger partial charge in [0.2, 0.25) is 5.91 Å². The second kappa shape index (κ2) is 7.50. The highest BCUT2D eigenvalue weighted by Crippen LogP contribution is 2.15. The third-order valence-electron chi connectivity index (χ3n) is 3.53. The zero-order valence-electron chi connectivity index (χ0n) is 13.0. The van der Waals surface area contributed by atoms with Crippen molar-refractivity contribution < 1.29 is 9.18 Å². The molecule has 0 aliphatic carbocycles. The molecule has 6 heteroatoms. The first-order valence-corrected chi connectivity index (χ1v) is 7.72. The molecule has 0 radical (unpaired) electrons. The predicted molar refractivity (Wildman–Crippen MR) is 89.3 cm³/mol. The Morgan fingerprint density at radius 1 is 1.17 bits per heavy atom. The van der Waals surface area contributed by atoms with Crippen molar-refractivity contribution in [3.8, 4) is 5.69 Å². The van der Waals surface area contributed by atoms with E-state index in [0.29, 0.717) is 24.2 Å². The monoisotopic (exact) mass is 324 g/mol. The summed E-state index contributed by atoms with van der Waals surface area (Å²) in [5.41, 5.74) is 1.85. The molecule has 0 atom stereocenters. The Morgan fingerprint density at radius 2 is 2.00 bits per heavy atom. The zero-order chi connectivity index (χ0) is 16.8. The number of benzene rings is 1. The Labute approximate surface area is 139 Å². The lowest BCUT2D eigenvalue weighted by Crippen LogP contribution is -2.11. The van der Waals surface area contributed by atoms with E-state index in [-0.39, 0.29) is 11.7 Å². The summed E-state index contributed by atoms with van der Waals surface area (Å²) in [6.45, 7) is 0. The summed E-state index contributed by atoms with van der Waals surface area (Å²) in [5, 5.41) is 6.85. The number of nitrogens with one attached hydrogen (secondary N) is 1. The van der Waals surface area contributed by atoms with E-state index in [1.807, 2.05) is 18.2 Å². The molecule has 3 rings (SSSR count). The van der Waals surface area contributed by atoms with Crippen LogP contribution >= 0.6 is 0 Å². The molecule has 1 amide bonds.